The quantitative estimate of drug-likeness (QED) is 0.898. The minimum atomic E-state index is -0.000996. The van der Waals surface area contributed by atoms with Crippen LogP contribution in [0.4, 0.5) is 0 Å². The van der Waals surface area contributed by atoms with Crippen molar-refractivity contribution in [2.45, 2.75) is 45.1 Å². The van der Waals surface area contributed by atoms with Crippen molar-refractivity contribution in [3.05, 3.63) is 35.5 Å². The summed E-state index contributed by atoms with van der Waals surface area (Å²) in [5.74, 6) is 0. The molecule has 2 aromatic rings. The highest BCUT2D eigenvalue weighted by Crippen LogP contribution is 2.32. The van der Waals surface area contributed by atoms with Crippen molar-refractivity contribution >= 4 is 16.6 Å². The Bertz CT molecular complexity index is 717. The maximum atomic E-state index is 5.13. The number of rotatable bonds is 2. The van der Waals surface area contributed by atoms with E-state index in [-0.39, 0.29) is 5.54 Å². The van der Waals surface area contributed by atoms with Crippen LogP contribution in [0.15, 0.2) is 29.3 Å². The molecule has 1 saturated heterocycles. The fourth-order valence-corrected chi connectivity index (χ4v) is 4.00. The van der Waals surface area contributed by atoms with Gasteiger partial charge in [0.1, 0.15) is 0 Å². The minimum Gasteiger partial charge on any atom is -0.358 e. The Morgan fingerprint density at radius 2 is 1.91 bits per heavy atom. The summed E-state index contributed by atoms with van der Waals surface area (Å²) in [6.45, 7) is 7.93. The maximum absolute atomic E-state index is 5.13. The summed E-state index contributed by atoms with van der Waals surface area (Å²) in [5.41, 5.74) is 5.27. The van der Waals surface area contributed by atoms with Crippen LogP contribution in [0.3, 0.4) is 0 Å². The van der Waals surface area contributed by atoms with Gasteiger partial charge in [0, 0.05) is 35.1 Å². The number of aromatic amines is 1. The van der Waals surface area contributed by atoms with Gasteiger partial charge in [0.25, 0.3) is 0 Å². The van der Waals surface area contributed by atoms with Crippen molar-refractivity contribution < 1.29 is 0 Å². The van der Waals surface area contributed by atoms with Crippen LogP contribution in [-0.2, 0) is 6.42 Å². The van der Waals surface area contributed by atoms with Crippen molar-refractivity contribution in [1.29, 1.82) is 0 Å². The molecule has 0 unspecified atom stereocenters. The molecule has 3 nitrogen and oxygen atoms in total. The lowest BCUT2D eigenvalue weighted by molar-refractivity contribution is 0.257. The SMILES string of the molecule is CC1(C)Cc2[nH]c3ccccc3c2C(CN2CCCCC2)=N1. The summed E-state index contributed by atoms with van der Waals surface area (Å²) in [7, 11) is 0. The predicted molar refractivity (Wildman–Crippen MR) is 92.9 cm³/mol. The summed E-state index contributed by atoms with van der Waals surface area (Å²) in [6, 6.07) is 8.65. The second-order valence-electron chi connectivity index (χ2n) is 7.41. The van der Waals surface area contributed by atoms with Crippen molar-refractivity contribution in [1.82, 2.24) is 9.88 Å². The number of fused-ring (bicyclic) bond motifs is 3. The third-order valence-electron chi connectivity index (χ3n) is 4.94. The van der Waals surface area contributed by atoms with Crippen molar-refractivity contribution in [2.24, 2.45) is 4.99 Å². The fraction of sp³-hybridized carbons (Fsp3) is 0.526. The van der Waals surface area contributed by atoms with Gasteiger partial charge in [-0.1, -0.05) is 24.6 Å². The van der Waals surface area contributed by atoms with Crippen LogP contribution in [0.2, 0.25) is 0 Å². The van der Waals surface area contributed by atoms with Crippen LogP contribution in [0.5, 0.6) is 0 Å². The van der Waals surface area contributed by atoms with E-state index in [0.717, 1.165) is 13.0 Å². The van der Waals surface area contributed by atoms with Gasteiger partial charge in [0.2, 0.25) is 0 Å². The summed E-state index contributed by atoms with van der Waals surface area (Å²) in [5, 5.41) is 1.34. The van der Waals surface area contributed by atoms with Gasteiger partial charge in [0.05, 0.1) is 11.3 Å². The molecule has 2 aliphatic rings. The Hall–Kier alpha value is -1.61. The third kappa shape index (κ3) is 2.48. The van der Waals surface area contributed by atoms with Crippen LogP contribution in [0.1, 0.15) is 44.4 Å². The highest BCUT2D eigenvalue weighted by molar-refractivity contribution is 6.13. The lowest BCUT2D eigenvalue weighted by Crippen LogP contribution is -2.38. The van der Waals surface area contributed by atoms with Gasteiger partial charge in [-0.15, -0.1) is 0 Å². The minimum absolute atomic E-state index is 0.000996. The van der Waals surface area contributed by atoms with Gasteiger partial charge in [-0.2, -0.15) is 0 Å². The van der Waals surface area contributed by atoms with Crippen LogP contribution < -0.4 is 0 Å². The highest BCUT2D eigenvalue weighted by atomic mass is 15.1. The van der Waals surface area contributed by atoms with Gasteiger partial charge < -0.3 is 4.98 Å². The molecular formula is C19H25N3. The molecule has 3 heterocycles. The van der Waals surface area contributed by atoms with E-state index in [4.69, 9.17) is 4.99 Å². The molecule has 0 bridgehead atoms. The number of nitrogens with zero attached hydrogens (tertiary/aromatic N) is 2. The summed E-state index contributed by atoms with van der Waals surface area (Å²) < 4.78 is 0. The molecule has 1 aromatic heterocycles. The van der Waals surface area contributed by atoms with E-state index in [2.05, 4.69) is 48.0 Å². The standard InChI is InChI=1S/C19H25N3/c1-19(2)12-16-18(14-8-4-5-9-15(14)20-16)17(21-19)13-22-10-6-3-7-11-22/h4-5,8-9,20H,3,6-7,10-13H2,1-2H3. The highest BCUT2D eigenvalue weighted by Gasteiger charge is 2.30. The number of aromatic nitrogens is 1. The Morgan fingerprint density at radius 1 is 1.14 bits per heavy atom. The lowest BCUT2D eigenvalue weighted by atomic mass is 9.90. The Balaban J connectivity index is 1.76. The first-order valence-electron chi connectivity index (χ1n) is 8.53. The number of H-pyrrole nitrogens is 1. The van der Waals surface area contributed by atoms with Gasteiger partial charge in [-0.3, -0.25) is 9.89 Å². The Morgan fingerprint density at radius 3 is 2.73 bits per heavy atom. The average molecular weight is 295 g/mol. The number of hydrogen-bond donors (Lipinski definition) is 1. The summed E-state index contributed by atoms with van der Waals surface area (Å²) in [6.07, 6.45) is 5.04. The number of nitrogens with one attached hydrogen (secondary N) is 1. The predicted octanol–water partition coefficient (Wildman–Crippen LogP) is 3.78. The lowest BCUT2D eigenvalue weighted by Gasteiger charge is -2.32. The molecule has 0 saturated carbocycles. The zero-order chi connectivity index (χ0) is 15.2. The maximum Gasteiger partial charge on any atom is 0.0610 e. The number of hydrogen-bond acceptors (Lipinski definition) is 2. The molecule has 1 N–H and O–H groups in total. The molecule has 116 valence electrons. The van der Waals surface area contributed by atoms with E-state index < -0.39 is 0 Å². The molecular weight excluding hydrogens is 270 g/mol. The van der Waals surface area contributed by atoms with Gasteiger partial charge in [-0.05, 0) is 45.8 Å². The molecule has 0 amide bonds. The van der Waals surface area contributed by atoms with Gasteiger partial charge >= 0.3 is 0 Å². The second kappa shape index (κ2) is 5.24. The van der Waals surface area contributed by atoms with Crippen LogP contribution in [0, 0.1) is 0 Å². The molecule has 22 heavy (non-hydrogen) atoms. The van der Waals surface area contributed by atoms with Crippen molar-refractivity contribution in [3.8, 4) is 0 Å². The zero-order valence-electron chi connectivity index (χ0n) is 13.7. The molecule has 1 fully saturated rings. The largest absolute Gasteiger partial charge is 0.358 e. The average Bonchev–Trinajstić information content (AvgIpc) is 2.84. The Kier molecular flexibility index (Phi) is 3.33. The van der Waals surface area contributed by atoms with E-state index in [1.807, 2.05) is 0 Å². The van der Waals surface area contributed by atoms with Crippen molar-refractivity contribution in [3.63, 3.8) is 0 Å². The molecule has 3 heteroatoms. The molecule has 0 radical (unpaired) electrons. The molecule has 0 atom stereocenters. The fourth-order valence-electron chi connectivity index (χ4n) is 4.00. The van der Waals surface area contributed by atoms with E-state index in [9.17, 15) is 0 Å². The van der Waals surface area contributed by atoms with Crippen LogP contribution in [-0.4, -0.2) is 40.8 Å². The summed E-state index contributed by atoms with van der Waals surface area (Å²) >= 11 is 0. The number of benzene rings is 1. The van der Waals surface area contributed by atoms with Crippen LogP contribution in [0.25, 0.3) is 10.9 Å². The van der Waals surface area contributed by atoms with E-state index in [1.54, 1.807) is 0 Å². The van der Waals surface area contributed by atoms with E-state index in [1.165, 1.54) is 60.2 Å². The molecule has 1 aromatic carbocycles. The first kappa shape index (κ1) is 14.0. The molecule has 4 rings (SSSR count). The summed E-state index contributed by atoms with van der Waals surface area (Å²) in [4.78, 5) is 11.3. The first-order valence-corrected chi connectivity index (χ1v) is 8.53. The zero-order valence-corrected chi connectivity index (χ0v) is 13.7. The number of para-hydroxylation sites is 1. The first-order chi connectivity index (χ1) is 10.6. The third-order valence-corrected chi connectivity index (χ3v) is 4.94. The smallest absolute Gasteiger partial charge is 0.0610 e. The van der Waals surface area contributed by atoms with Crippen LogP contribution >= 0.6 is 0 Å². The van der Waals surface area contributed by atoms with Gasteiger partial charge in [0.15, 0.2) is 0 Å². The number of likely N-dealkylation sites (tertiary alicyclic amines) is 1. The second-order valence-corrected chi connectivity index (χ2v) is 7.41. The van der Waals surface area contributed by atoms with Gasteiger partial charge in [-0.25, -0.2) is 0 Å². The topological polar surface area (TPSA) is 31.4 Å². The van der Waals surface area contributed by atoms with E-state index >= 15 is 0 Å². The number of aliphatic imine (C=N–C) groups is 1. The number of piperidine rings is 1. The molecule has 0 spiro atoms. The molecule has 2 aliphatic heterocycles. The monoisotopic (exact) mass is 295 g/mol. The normalized spacial score (nSPS) is 21.6. The Labute approximate surface area is 132 Å². The van der Waals surface area contributed by atoms with E-state index in [0.29, 0.717) is 0 Å². The van der Waals surface area contributed by atoms with Crippen molar-refractivity contribution in [2.75, 3.05) is 19.6 Å². The molecule has 0 aliphatic carbocycles.